The molecule has 3 rings (SSSR count). The summed E-state index contributed by atoms with van der Waals surface area (Å²) in [6.07, 6.45) is 5.20. The second kappa shape index (κ2) is 8.12. The van der Waals surface area contributed by atoms with Crippen LogP contribution in [0.3, 0.4) is 0 Å². The minimum absolute atomic E-state index is 0.0439. The van der Waals surface area contributed by atoms with Crippen molar-refractivity contribution in [1.29, 1.82) is 0 Å². The number of methoxy groups -OCH3 is 2. The van der Waals surface area contributed by atoms with Crippen LogP contribution in [0.15, 0.2) is 48.8 Å². The third-order valence-electron chi connectivity index (χ3n) is 4.82. The molecule has 1 fully saturated rings. The van der Waals surface area contributed by atoms with E-state index in [9.17, 15) is 4.79 Å². The average Bonchev–Trinajstić information content (AvgIpc) is 2.68. The first-order chi connectivity index (χ1) is 12.2. The van der Waals surface area contributed by atoms with Crippen LogP contribution in [0, 0.1) is 5.92 Å². The Morgan fingerprint density at radius 1 is 1.24 bits per heavy atom. The van der Waals surface area contributed by atoms with E-state index in [0.29, 0.717) is 18.7 Å². The topological polar surface area (TPSA) is 51.7 Å². The van der Waals surface area contributed by atoms with Gasteiger partial charge in [-0.25, -0.2) is 0 Å². The number of rotatable bonds is 5. The lowest BCUT2D eigenvalue weighted by Crippen LogP contribution is -2.47. The van der Waals surface area contributed by atoms with Crippen molar-refractivity contribution in [1.82, 2.24) is 9.88 Å². The quantitative estimate of drug-likeness (QED) is 0.840. The third-order valence-corrected chi connectivity index (χ3v) is 4.82. The molecule has 5 heteroatoms. The second-order valence-corrected chi connectivity index (χ2v) is 6.37. The Balaban J connectivity index is 1.70. The van der Waals surface area contributed by atoms with Crippen molar-refractivity contribution >= 4 is 5.91 Å². The van der Waals surface area contributed by atoms with Gasteiger partial charge in [0, 0.05) is 38.5 Å². The molecule has 0 saturated carbocycles. The molecule has 1 aliphatic rings. The number of ether oxygens (including phenoxy) is 2. The van der Waals surface area contributed by atoms with Crippen molar-refractivity contribution < 1.29 is 14.3 Å². The van der Waals surface area contributed by atoms with E-state index in [1.54, 1.807) is 32.7 Å². The maximum Gasteiger partial charge on any atom is 0.255 e. The highest BCUT2D eigenvalue weighted by Gasteiger charge is 2.32. The van der Waals surface area contributed by atoms with Gasteiger partial charge in [0.2, 0.25) is 0 Å². The molecular formula is C20H24N2O3. The Morgan fingerprint density at radius 2 is 2.04 bits per heavy atom. The summed E-state index contributed by atoms with van der Waals surface area (Å²) in [5.41, 5.74) is 1.87. The highest BCUT2D eigenvalue weighted by molar-refractivity contribution is 5.93. The van der Waals surface area contributed by atoms with Gasteiger partial charge in [-0.2, -0.15) is 0 Å². The zero-order valence-electron chi connectivity index (χ0n) is 14.7. The fraction of sp³-hybridized carbons (Fsp3) is 0.400. The van der Waals surface area contributed by atoms with Crippen molar-refractivity contribution in [3.8, 4) is 5.75 Å². The molecule has 1 aromatic carbocycles. The molecule has 1 saturated heterocycles. The van der Waals surface area contributed by atoms with Gasteiger partial charge in [-0.3, -0.25) is 9.78 Å². The van der Waals surface area contributed by atoms with Crippen molar-refractivity contribution in [2.75, 3.05) is 27.3 Å². The largest absolute Gasteiger partial charge is 0.497 e. The van der Waals surface area contributed by atoms with E-state index in [1.807, 2.05) is 23.1 Å². The molecule has 5 nitrogen and oxygen atoms in total. The Bertz CT molecular complexity index is 688. The fourth-order valence-corrected chi connectivity index (χ4v) is 3.44. The van der Waals surface area contributed by atoms with Crippen LogP contribution in [0.25, 0.3) is 0 Å². The van der Waals surface area contributed by atoms with Crippen molar-refractivity contribution in [3.05, 3.63) is 59.9 Å². The predicted octanol–water partition coefficient (Wildman–Crippen LogP) is 2.81. The Hall–Kier alpha value is -2.40. The first-order valence-corrected chi connectivity index (χ1v) is 8.56. The number of carbonyl (C=O) groups excluding carboxylic acids is 1. The van der Waals surface area contributed by atoms with E-state index in [2.05, 4.69) is 17.1 Å². The number of likely N-dealkylation sites (tertiary alicyclic amines) is 1. The molecule has 0 radical (unpaired) electrons. The van der Waals surface area contributed by atoms with Crippen molar-refractivity contribution in [2.24, 2.45) is 5.92 Å². The standard InChI is InChI=1S/C20H24N2O3/c1-24-18-7-5-15(6-8-18)12-17-14-22(11-9-19(17)25-2)20(23)16-4-3-10-21-13-16/h3-8,10,13,17,19H,9,11-12,14H2,1-2H3/t17-,19+/m0/s1. The molecule has 1 aliphatic heterocycles. The number of pyridine rings is 1. The summed E-state index contributed by atoms with van der Waals surface area (Å²) in [5, 5.41) is 0. The molecule has 2 heterocycles. The van der Waals surface area contributed by atoms with E-state index < -0.39 is 0 Å². The van der Waals surface area contributed by atoms with Gasteiger partial charge >= 0.3 is 0 Å². The van der Waals surface area contributed by atoms with Crippen LogP contribution in [-0.2, 0) is 11.2 Å². The highest BCUT2D eigenvalue weighted by atomic mass is 16.5. The van der Waals surface area contributed by atoms with E-state index in [1.165, 1.54) is 5.56 Å². The molecule has 132 valence electrons. The van der Waals surface area contributed by atoms with Crippen LogP contribution in [0.1, 0.15) is 22.3 Å². The number of benzene rings is 1. The summed E-state index contributed by atoms with van der Waals surface area (Å²) in [4.78, 5) is 18.7. The SMILES string of the molecule is COc1ccc(C[C@H]2CN(C(=O)c3cccnc3)CC[C@H]2OC)cc1. The van der Waals surface area contributed by atoms with Gasteiger partial charge in [0.25, 0.3) is 5.91 Å². The molecule has 2 aromatic rings. The molecule has 25 heavy (non-hydrogen) atoms. The molecule has 1 amide bonds. The van der Waals surface area contributed by atoms with E-state index in [0.717, 1.165) is 18.6 Å². The minimum Gasteiger partial charge on any atom is -0.497 e. The van der Waals surface area contributed by atoms with Gasteiger partial charge in [-0.15, -0.1) is 0 Å². The minimum atomic E-state index is 0.0439. The van der Waals surface area contributed by atoms with Gasteiger partial charge in [-0.05, 0) is 42.7 Å². The molecule has 0 aliphatic carbocycles. The number of hydrogen-bond donors (Lipinski definition) is 0. The van der Waals surface area contributed by atoms with Crippen LogP contribution in [0.5, 0.6) is 5.75 Å². The molecule has 0 bridgehead atoms. The number of nitrogens with zero attached hydrogens (tertiary/aromatic N) is 2. The first kappa shape index (κ1) is 17.4. The molecule has 0 unspecified atom stereocenters. The Morgan fingerprint density at radius 3 is 2.68 bits per heavy atom. The monoisotopic (exact) mass is 340 g/mol. The normalized spacial score (nSPS) is 20.3. The lowest BCUT2D eigenvalue weighted by atomic mass is 9.88. The van der Waals surface area contributed by atoms with Gasteiger partial charge in [0.05, 0.1) is 18.8 Å². The maximum absolute atomic E-state index is 12.7. The number of piperidine rings is 1. The summed E-state index contributed by atoms with van der Waals surface area (Å²) in [6, 6.07) is 11.7. The van der Waals surface area contributed by atoms with Crippen LogP contribution in [0.2, 0.25) is 0 Å². The first-order valence-electron chi connectivity index (χ1n) is 8.56. The van der Waals surface area contributed by atoms with E-state index in [4.69, 9.17) is 9.47 Å². The molecule has 2 atom stereocenters. The average molecular weight is 340 g/mol. The number of carbonyl (C=O) groups is 1. The molecular weight excluding hydrogens is 316 g/mol. The maximum atomic E-state index is 12.7. The number of hydrogen-bond acceptors (Lipinski definition) is 4. The molecule has 0 spiro atoms. The Kier molecular flexibility index (Phi) is 5.66. The van der Waals surface area contributed by atoms with Gasteiger partial charge < -0.3 is 14.4 Å². The zero-order valence-corrected chi connectivity index (χ0v) is 14.7. The van der Waals surface area contributed by atoms with Gasteiger partial charge in [0.15, 0.2) is 0 Å². The highest BCUT2D eigenvalue weighted by Crippen LogP contribution is 2.25. The summed E-state index contributed by atoms with van der Waals surface area (Å²) in [5.74, 6) is 1.17. The summed E-state index contributed by atoms with van der Waals surface area (Å²) in [7, 11) is 3.42. The zero-order chi connectivity index (χ0) is 17.6. The second-order valence-electron chi connectivity index (χ2n) is 6.37. The van der Waals surface area contributed by atoms with Gasteiger partial charge in [-0.1, -0.05) is 12.1 Å². The third kappa shape index (κ3) is 4.17. The fourth-order valence-electron chi connectivity index (χ4n) is 3.44. The van der Waals surface area contributed by atoms with Crippen LogP contribution < -0.4 is 4.74 Å². The predicted molar refractivity (Wildman–Crippen MR) is 95.7 cm³/mol. The van der Waals surface area contributed by atoms with Crippen molar-refractivity contribution in [2.45, 2.75) is 18.9 Å². The smallest absolute Gasteiger partial charge is 0.255 e. The number of amides is 1. The van der Waals surface area contributed by atoms with Crippen LogP contribution in [-0.4, -0.2) is 49.2 Å². The lowest BCUT2D eigenvalue weighted by Gasteiger charge is -2.38. The summed E-state index contributed by atoms with van der Waals surface area (Å²) < 4.78 is 10.9. The van der Waals surface area contributed by atoms with Crippen molar-refractivity contribution in [3.63, 3.8) is 0 Å². The number of aromatic nitrogens is 1. The van der Waals surface area contributed by atoms with Gasteiger partial charge in [0.1, 0.15) is 5.75 Å². The molecule has 1 aromatic heterocycles. The summed E-state index contributed by atoms with van der Waals surface area (Å²) in [6.45, 7) is 1.41. The van der Waals surface area contributed by atoms with Crippen LogP contribution >= 0.6 is 0 Å². The Labute approximate surface area is 148 Å². The van der Waals surface area contributed by atoms with E-state index in [-0.39, 0.29) is 17.9 Å². The lowest BCUT2D eigenvalue weighted by molar-refractivity contribution is -0.00300. The summed E-state index contributed by atoms with van der Waals surface area (Å²) >= 11 is 0. The molecule has 0 N–H and O–H groups in total. The van der Waals surface area contributed by atoms with Crippen LogP contribution in [0.4, 0.5) is 0 Å². The van der Waals surface area contributed by atoms with E-state index >= 15 is 0 Å².